The average molecular weight is 454 g/mol. The van der Waals surface area contributed by atoms with Gasteiger partial charge in [0.1, 0.15) is 5.82 Å². The Morgan fingerprint density at radius 1 is 1.12 bits per heavy atom. The van der Waals surface area contributed by atoms with Gasteiger partial charge in [0.05, 0.1) is 5.56 Å². The topological polar surface area (TPSA) is 68.8 Å². The third-order valence-electron chi connectivity index (χ3n) is 6.63. The van der Waals surface area contributed by atoms with Gasteiger partial charge in [-0.2, -0.15) is 0 Å². The number of rotatable bonds is 4. The summed E-state index contributed by atoms with van der Waals surface area (Å²) >= 11 is 0. The lowest BCUT2D eigenvalue weighted by atomic mass is 10.0. The molecule has 1 N–H and O–H groups in total. The van der Waals surface area contributed by atoms with Crippen LogP contribution in [-0.2, 0) is 6.54 Å². The number of amides is 3. The maximum absolute atomic E-state index is 14.4. The number of hydrogen-bond donors (Lipinski definition) is 1. The Hall–Kier alpha value is -3.00. The second kappa shape index (κ2) is 9.87. The van der Waals surface area contributed by atoms with Gasteiger partial charge in [-0.3, -0.25) is 14.7 Å². The zero-order valence-electron chi connectivity index (χ0n) is 19.6. The van der Waals surface area contributed by atoms with E-state index in [9.17, 15) is 14.0 Å². The Labute approximate surface area is 194 Å². The van der Waals surface area contributed by atoms with Crippen LogP contribution in [0, 0.1) is 19.7 Å². The second-order valence-electron chi connectivity index (χ2n) is 9.13. The van der Waals surface area contributed by atoms with Gasteiger partial charge < -0.3 is 15.1 Å². The van der Waals surface area contributed by atoms with Crippen molar-refractivity contribution in [2.75, 3.05) is 38.0 Å². The second-order valence-corrected chi connectivity index (χ2v) is 9.13. The van der Waals surface area contributed by atoms with Crippen molar-refractivity contribution >= 4 is 17.6 Å². The third kappa shape index (κ3) is 5.33. The Balaban J connectivity index is 1.42. The van der Waals surface area contributed by atoms with E-state index < -0.39 is 0 Å². The van der Waals surface area contributed by atoms with Crippen molar-refractivity contribution < 1.29 is 14.0 Å². The van der Waals surface area contributed by atoms with Crippen LogP contribution in [0.2, 0.25) is 0 Å². The molecule has 7 nitrogen and oxygen atoms in total. The van der Waals surface area contributed by atoms with Crippen molar-refractivity contribution in [2.45, 2.75) is 46.2 Å². The highest BCUT2D eigenvalue weighted by Crippen LogP contribution is 2.25. The Morgan fingerprint density at radius 2 is 1.88 bits per heavy atom. The molecule has 0 unspecified atom stereocenters. The highest BCUT2D eigenvalue weighted by atomic mass is 19.1. The number of pyridine rings is 1. The van der Waals surface area contributed by atoms with Gasteiger partial charge in [-0.05, 0) is 69.0 Å². The number of carbonyl (C=O) groups excluding carboxylic acids is 2. The third-order valence-corrected chi connectivity index (χ3v) is 6.63. The van der Waals surface area contributed by atoms with E-state index in [2.05, 4.69) is 22.1 Å². The SMILES string of the molecule is Cc1ccc(C(=O)Nc2cc(F)cc(CN3CCN(C(=O)N4CCCC4)[C@@H](C)C3)c2C)cn1. The molecule has 33 heavy (non-hydrogen) atoms. The number of benzene rings is 1. The summed E-state index contributed by atoms with van der Waals surface area (Å²) in [6, 6.07) is 6.59. The number of nitrogens with zero attached hydrogens (tertiary/aromatic N) is 4. The minimum absolute atomic E-state index is 0.0916. The van der Waals surface area contributed by atoms with Gasteiger partial charge in [-0.15, -0.1) is 0 Å². The van der Waals surface area contributed by atoms with E-state index in [0.717, 1.165) is 55.8 Å². The fourth-order valence-electron chi connectivity index (χ4n) is 4.62. The Kier molecular flexibility index (Phi) is 6.93. The first-order chi connectivity index (χ1) is 15.8. The van der Waals surface area contributed by atoms with Gasteiger partial charge >= 0.3 is 6.03 Å². The number of urea groups is 1. The first-order valence-corrected chi connectivity index (χ1v) is 11.6. The van der Waals surface area contributed by atoms with Crippen LogP contribution >= 0.6 is 0 Å². The highest BCUT2D eigenvalue weighted by Gasteiger charge is 2.31. The predicted octanol–water partition coefficient (Wildman–Crippen LogP) is 3.81. The standard InChI is InChI=1S/C25H32FN5O2/c1-17-6-7-20(14-27-17)24(32)28-23-13-22(26)12-21(19(23)3)16-29-10-11-31(18(2)15-29)25(33)30-8-4-5-9-30/h6-7,12-14,18H,4-5,8-11,15-16H2,1-3H3,(H,28,32)/t18-/m0/s1. The van der Waals surface area contributed by atoms with E-state index in [4.69, 9.17) is 0 Å². The molecule has 4 rings (SSSR count). The molecule has 2 aromatic rings. The minimum atomic E-state index is -0.385. The molecule has 8 heteroatoms. The van der Waals surface area contributed by atoms with E-state index in [-0.39, 0.29) is 23.8 Å². The van der Waals surface area contributed by atoms with Gasteiger partial charge in [0.15, 0.2) is 0 Å². The zero-order chi connectivity index (χ0) is 23.5. The van der Waals surface area contributed by atoms with Crippen LogP contribution in [0.1, 0.15) is 46.9 Å². The average Bonchev–Trinajstić information content (AvgIpc) is 3.32. The lowest BCUT2D eigenvalue weighted by Gasteiger charge is -2.41. The Morgan fingerprint density at radius 3 is 2.55 bits per heavy atom. The number of piperazine rings is 1. The van der Waals surface area contributed by atoms with Crippen LogP contribution in [0.25, 0.3) is 0 Å². The maximum atomic E-state index is 14.4. The van der Waals surface area contributed by atoms with Crippen LogP contribution in [0.3, 0.4) is 0 Å². The van der Waals surface area contributed by atoms with Crippen molar-refractivity contribution in [1.29, 1.82) is 0 Å². The van der Waals surface area contributed by atoms with Crippen molar-refractivity contribution in [3.63, 3.8) is 0 Å². The molecule has 0 bridgehead atoms. The zero-order valence-corrected chi connectivity index (χ0v) is 19.6. The van der Waals surface area contributed by atoms with Crippen molar-refractivity contribution in [3.05, 3.63) is 58.7 Å². The number of nitrogens with one attached hydrogen (secondary N) is 1. The van der Waals surface area contributed by atoms with E-state index in [1.807, 2.05) is 23.6 Å². The van der Waals surface area contributed by atoms with Crippen LogP contribution < -0.4 is 5.32 Å². The molecule has 0 saturated carbocycles. The summed E-state index contributed by atoms with van der Waals surface area (Å²) in [5.41, 5.74) is 3.39. The lowest BCUT2D eigenvalue weighted by Crippen LogP contribution is -2.56. The number of aryl methyl sites for hydroxylation is 1. The summed E-state index contributed by atoms with van der Waals surface area (Å²) in [6.07, 6.45) is 3.68. The summed E-state index contributed by atoms with van der Waals surface area (Å²) in [5.74, 6) is -0.700. The fraction of sp³-hybridized carbons (Fsp3) is 0.480. The molecular formula is C25H32FN5O2. The molecule has 176 valence electrons. The molecule has 3 heterocycles. The molecule has 2 aliphatic rings. The summed E-state index contributed by atoms with van der Waals surface area (Å²) in [4.78, 5) is 35.7. The summed E-state index contributed by atoms with van der Waals surface area (Å²) < 4.78 is 14.4. The lowest BCUT2D eigenvalue weighted by molar-refractivity contribution is 0.0814. The monoisotopic (exact) mass is 453 g/mol. The summed E-state index contributed by atoms with van der Waals surface area (Å²) in [6.45, 7) is 10.2. The number of anilines is 1. The molecule has 2 aliphatic heterocycles. The quantitative estimate of drug-likeness (QED) is 0.764. The van der Waals surface area contributed by atoms with Crippen LogP contribution in [-0.4, -0.2) is 70.4 Å². The van der Waals surface area contributed by atoms with Gasteiger partial charge in [0.2, 0.25) is 0 Å². The van der Waals surface area contributed by atoms with Crippen molar-refractivity contribution in [3.8, 4) is 0 Å². The van der Waals surface area contributed by atoms with Crippen molar-refractivity contribution in [2.24, 2.45) is 0 Å². The van der Waals surface area contributed by atoms with Crippen LogP contribution in [0.4, 0.5) is 14.9 Å². The molecule has 1 atom stereocenters. The molecule has 0 spiro atoms. The van der Waals surface area contributed by atoms with Gasteiger partial charge in [-0.25, -0.2) is 9.18 Å². The fourth-order valence-corrected chi connectivity index (χ4v) is 4.62. The maximum Gasteiger partial charge on any atom is 0.320 e. The number of aromatic nitrogens is 1. The Bertz CT molecular complexity index is 1020. The first-order valence-electron chi connectivity index (χ1n) is 11.6. The largest absolute Gasteiger partial charge is 0.325 e. The number of halogens is 1. The summed E-state index contributed by atoms with van der Waals surface area (Å²) in [5, 5.41) is 2.83. The normalized spacial score (nSPS) is 19.1. The molecule has 0 aliphatic carbocycles. The van der Waals surface area contributed by atoms with Gasteiger partial charge in [-0.1, -0.05) is 0 Å². The molecule has 2 fully saturated rings. The molecule has 0 radical (unpaired) electrons. The highest BCUT2D eigenvalue weighted by molar-refractivity contribution is 6.04. The van der Waals surface area contributed by atoms with E-state index in [1.54, 1.807) is 12.1 Å². The van der Waals surface area contributed by atoms with Gasteiger partial charge in [0, 0.05) is 62.9 Å². The van der Waals surface area contributed by atoms with Crippen LogP contribution in [0.15, 0.2) is 30.5 Å². The number of likely N-dealkylation sites (tertiary alicyclic amines) is 1. The number of hydrogen-bond acceptors (Lipinski definition) is 4. The first kappa shape index (κ1) is 23.2. The van der Waals surface area contributed by atoms with E-state index in [1.165, 1.54) is 18.3 Å². The molecule has 3 amide bonds. The minimum Gasteiger partial charge on any atom is -0.325 e. The summed E-state index contributed by atoms with van der Waals surface area (Å²) in [7, 11) is 0. The van der Waals surface area contributed by atoms with Crippen LogP contribution in [0.5, 0.6) is 0 Å². The van der Waals surface area contributed by atoms with E-state index >= 15 is 0 Å². The van der Waals surface area contributed by atoms with Gasteiger partial charge in [0.25, 0.3) is 5.91 Å². The van der Waals surface area contributed by atoms with E-state index in [0.29, 0.717) is 24.3 Å². The predicted molar refractivity (Wildman–Crippen MR) is 126 cm³/mol. The smallest absolute Gasteiger partial charge is 0.320 e. The molecule has 1 aromatic carbocycles. The van der Waals surface area contributed by atoms with Crippen molar-refractivity contribution in [1.82, 2.24) is 19.7 Å². The molecule has 2 saturated heterocycles. The number of carbonyl (C=O) groups is 2. The molecule has 1 aromatic heterocycles. The molecular weight excluding hydrogens is 421 g/mol.